The van der Waals surface area contributed by atoms with E-state index in [0.717, 1.165) is 14.2 Å². The standard InChI is InChI=1S/C14H22N2O6.C10H12O8.2CH5N.2CH4O/c1-15-11(17)7-5-6-8(13(19)21-3)9(12(18)16-2)10(7)14(20)22-4;11-7(12)3-1-2-4(8(13)14)6(10(17)18)5(3)9(15)16;4*1-2/h7-10H,5-6H2,1-4H3,(H,15,17)(H,16,18);3-6H,1-2H2,(H,11,12)(H,13,14)(H,15,16)(H,17,18);2*2H2,1H3;2*2H,1H3. The lowest BCUT2D eigenvalue weighted by Crippen LogP contribution is -2.52. The number of aliphatic carboxylic acids is 4. The largest absolute Gasteiger partial charge is 0.481 e. The number of carboxylic acids is 4. The number of aliphatic hydroxyl groups excluding tert-OH is 2. The topological polar surface area (TPSA) is 352 Å². The summed E-state index contributed by atoms with van der Waals surface area (Å²) in [5, 5.41) is 54.6. The van der Waals surface area contributed by atoms with Crippen molar-refractivity contribution in [2.75, 3.05) is 56.6 Å². The first-order valence-electron chi connectivity index (χ1n) is 14.2. The van der Waals surface area contributed by atoms with Gasteiger partial charge in [0, 0.05) is 28.3 Å². The zero-order valence-corrected chi connectivity index (χ0v) is 28.4. The van der Waals surface area contributed by atoms with E-state index in [1.54, 1.807) is 0 Å². The fraction of sp³-hybridized carbons (Fsp3) is 0.714. The van der Waals surface area contributed by atoms with E-state index in [0.29, 0.717) is 6.42 Å². The molecule has 12 N–H and O–H groups in total. The number of carbonyl (C=O) groups excluding carboxylic acids is 4. The van der Waals surface area contributed by atoms with E-state index in [1.165, 1.54) is 42.4 Å². The molecular weight excluding hydrogens is 648 g/mol. The van der Waals surface area contributed by atoms with Crippen LogP contribution in [0.1, 0.15) is 25.7 Å². The second-order valence-corrected chi connectivity index (χ2v) is 9.31. The predicted octanol–water partition coefficient (Wildman–Crippen LogP) is -2.97. The predicted molar refractivity (Wildman–Crippen MR) is 166 cm³/mol. The van der Waals surface area contributed by atoms with Crippen LogP contribution in [0, 0.1) is 47.3 Å². The fourth-order valence-electron chi connectivity index (χ4n) is 5.50. The minimum atomic E-state index is -1.73. The van der Waals surface area contributed by atoms with Crippen molar-refractivity contribution in [3.05, 3.63) is 0 Å². The molecule has 20 heteroatoms. The number of carboxylic acid groups (broad SMARTS) is 4. The maximum Gasteiger partial charge on any atom is 0.310 e. The number of hydrogen-bond donors (Lipinski definition) is 10. The SMILES string of the molecule is CN.CN.CNC(=O)C1CCC(C(=O)OC)C(C(=O)NC)C1C(=O)OC.CO.CO.O=C(O)C1CCC(C(=O)O)C(C(=O)O)C1C(=O)O. The summed E-state index contributed by atoms with van der Waals surface area (Å²) in [4.78, 5) is 92.2. The molecule has 0 bridgehead atoms. The van der Waals surface area contributed by atoms with Gasteiger partial charge in [0.15, 0.2) is 0 Å². The summed E-state index contributed by atoms with van der Waals surface area (Å²) >= 11 is 0. The molecule has 20 nitrogen and oxygen atoms in total. The van der Waals surface area contributed by atoms with Crippen LogP contribution < -0.4 is 22.1 Å². The Morgan fingerprint density at radius 3 is 1.06 bits per heavy atom. The third-order valence-electron chi connectivity index (χ3n) is 7.40. The zero-order valence-electron chi connectivity index (χ0n) is 28.4. The molecule has 2 rings (SSSR count). The van der Waals surface area contributed by atoms with Gasteiger partial charge in [-0.15, -0.1) is 0 Å². The van der Waals surface area contributed by atoms with Crippen molar-refractivity contribution in [2.45, 2.75) is 25.7 Å². The lowest BCUT2D eigenvalue weighted by atomic mass is 9.65. The van der Waals surface area contributed by atoms with Gasteiger partial charge < -0.3 is 62.2 Å². The molecule has 2 fully saturated rings. The monoisotopic (exact) mass is 700 g/mol. The van der Waals surface area contributed by atoms with Crippen LogP contribution >= 0.6 is 0 Å². The van der Waals surface area contributed by atoms with E-state index in [1.807, 2.05) is 0 Å². The van der Waals surface area contributed by atoms with Crippen LogP contribution in [0.3, 0.4) is 0 Å². The van der Waals surface area contributed by atoms with E-state index in [4.69, 9.17) is 40.1 Å². The molecule has 2 aliphatic carbocycles. The number of methoxy groups -OCH3 is 2. The van der Waals surface area contributed by atoms with E-state index >= 15 is 0 Å². The highest BCUT2D eigenvalue weighted by atomic mass is 16.5. The molecule has 0 radical (unpaired) electrons. The third kappa shape index (κ3) is 14.2. The Bertz CT molecular complexity index is 961. The number of aliphatic hydroxyl groups is 2. The second kappa shape index (κ2) is 27.7. The van der Waals surface area contributed by atoms with Crippen LogP contribution in [-0.4, -0.2) is 135 Å². The highest BCUT2D eigenvalue weighted by molar-refractivity contribution is 5.94. The van der Waals surface area contributed by atoms with Crippen molar-refractivity contribution < 1.29 is 78.5 Å². The van der Waals surface area contributed by atoms with Crippen molar-refractivity contribution in [2.24, 2.45) is 58.8 Å². The number of hydrogen-bond acceptors (Lipinski definition) is 14. The first-order valence-corrected chi connectivity index (χ1v) is 14.2. The van der Waals surface area contributed by atoms with Crippen molar-refractivity contribution in [3.8, 4) is 0 Å². The zero-order chi connectivity index (χ0) is 38.9. The molecule has 8 unspecified atom stereocenters. The highest BCUT2D eigenvalue weighted by Gasteiger charge is 2.53. The van der Waals surface area contributed by atoms with E-state index in [9.17, 15) is 38.4 Å². The van der Waals surface area contributed by atoms with Crippen molar-refractivity contribution in [1.82, 2.24) is 10.6 Å². The van der Waals surface area contributed by atoms with Gasteiger partial charge in [-0.1, -0.05) is 0 Å². The minimum Gasteiger partial charge on any atom is -0.481 e. The maximum atomic E-state index is 12.2. The summed E-state index contributed by atoms with van der Waals surface area (Å²) < 4.78 is 9.48. The van der Waals surface area contributed by atoms with Crippen LogP contribution in [0.25, 0.3) is 0 Å². The number of esters is 2. The Labute approximate surface area is 278 Å². The van der Waals surface area contributed by atoms with Crippen molar-refractivity contribution in [1.29, 1.82) is 0 Å². The average molecular weight is 701 g/mol. The molecule has 0 saturated heterocycles. The summed E-state index contributed by atoms with van der Waals surface area (Å²) in [5.74, 6) is -17.9. The summed E-state index contributed by atoms with van der Waals surface area (Å²) in [6, 6.07) is 0. The number of nitrogens with two attached hydrogens (primary N) is 2. The van der Waals surface area contributed by atoms with Gasteiger partial charge in [0.2, 0.25) is 11.8 Å². The fourth-order valence-corrected chi connectivity index (χ4v) is 5.50. The molecule has 2 aliphatic rings. The van der Waals surface area contributed by atoms with E-state index < -0.39 is 89.1 Å². The summed E-state index contributed by atoms with van der Waals surface area (Å²) in [5.41, 5.74) is 9.00. The Morgan fingerprint density at radius 2 is 0.792 bits per heavy atom. The Morgan fingerprint density at radius 1 is 0.479 bits per heavy atom. The lowest BCUT2D eigenvalue weighted by molar-refractivity contribution is -0.172. The number of nitrogens with one attached hydrogen (secondary N) is 2. The second-order valence-electron chi connectivity index (χ2n) is 9.31. The third-order valence-corrected chi connectivity index (χ3v) is 7.40. The van der Waals surface area contributed by atoms with Gasteiger partial charge in [0.25, 0.3) is 0 Å². The molecule has 0 aliphatic heterocycles. The normalized spacial score (nSPS) is 24.9. The molecule has 2 amide bonds. The molecule has 0 aromatic heterocycles. The van der Waals surface area contributed by atoms with Gasteiger partial charge in [0.1, 0.15) is 0 Å². The molecule has 0 heterocycles. The number of ether oxygens (including phenoxy) is 2. The molecule has 8 atom stereocenters. The van der Waals surface area contributed by atoms with Crippen LogP contribution in [-0.2, 0) is 47.8 Å². The van der Waals surface area contributed by atoms with Gasteiger partial charge >= 0.3 is 35.8 Å². The Kier molecular flexibility index (Phi) is 29.1. The van der Waals surface area contributed by atoms with Crippen LogP contribution in [0.5, 0.6) is 0 Å². The van der Waals surface area contributed by atoms with Crippen LogP contribution in [0.2, 0.25) is 0 Å². The van der Waals surface area contributed by atoms with Gasteiger partial charge in [-0.25, -0.2) is 0 Å². The van der Waals surface area contributed by atoms with Crippen LogP contribution in [0.4, 0.5) is 0 Å². The summed E-state index contributed by atoms with van der Waals surface area (Å²) in [6.45, 7) is 0. The molecular formula is C28H52N4O16. The summed E-state index contributed by atoms with van der Waals surface area (Å²) in [6.07, 6.45) is 0.267. The van der Waals surface area contributed by atoms with E-state index in [2.05, 4.69) is 22.1 Å². The first-order chi connectivity index (χ1) is 22.7. The minimum absolute atomic E-state index is 0.160. The summed E-state index contributed by atoms with van der Waals surface area (Å²) in [7, 11) is 10.3. The van der Waals surface area contributed by atoms with Crippen molar-refractivity contribution >= 4 is 47.6 Å². The number of rotatable bonds is 8. The van der Waals surface area contributed by atoms with Gasteiger partial charge in [0.05, 0.1) is 61.6 Å². The highest BCUT2D eigenvalue weighted by Crippen LogP contribution is 2.41. The van der Waals surface area contributed by atoms with Gasteiger partial charge in [-0.2, -0.15) is 0 Å². The van der Waals surface area contributed by atoms with Gasteiger partial charge in [-0.3, -0.25) is 38.4 Å². The Hall–Kier alpha value is -4.40. The molecule has 0 spiro atoms. The molecule has 48 heavy (non-hydrogen) atoms. The average Bonchev–Trinajstić information content (AvgIpc) is 3.12. The smallest absolute Gasteiger partial charge is 0.310 e. The van der Waals surface area contributed by atoms with Gasteiger partial charge in [-0.05, 0) is 39.8 Å². The first kappa shape index (κ1) is 50.5. The van der Waals surface area contributed by atoms with E-state index in [-0.39, 0.29) is 25.2 Å². The quantitative estimate of drug-likeness (QED) is 0.113. The molecule has 280 valence electrons. The van der Waals surface area contributed by atoms with Crippen molar-refractivity contribution in [3.63, 3.8) is 0 Å². The lowest BCUT2D eigenvalue weighted by Gasteiger charge is -2.38. The molecule has 2 saturated carbocycles. The number of carbonyl (C=O) groups is 8. The van der Waals surface area contributed by atoms with Crippen LogP contribution in [0.15, 0.2) is 0 Å². The molecule has 0 aromatic rings. The Balaban J connectivity index is -0.000000337. The number of amides is 2. The maximum absolute atomic E-state index is 12.2. The molecule has 0 aromatic carbocycles.